The summed E-state index contributed by atoms with van der Waals surface area (Å²) < 4.78 is 0. The molecule has 0 radical (unpaired) electrons. The highest BCUT2D eigenvalue weighted by Gasteiger charge is 2.12. The standard InChI is InChI=1S/C20H21ClN2OS/c1-3-15-11-18(25-13-22)12-16(4-2)20(15)23-19(24)10-7-14-5-8-17(21)9-6-14/h5-6,8-9,11-12H,3-4,7,10H2,1-2H3,(H,23,24). The lowest BCUT2D eigenvalue weighted by Crippen LogP contribution is -2.15. The second kappa shape index (κ2) is 9.50. The summed E-state index contributed by atoms with van der Waals surface area (Å²) in [6.07, 6.45) is 2.70. The number of halogens is 1. The van der Waals surface area contributed by atoms with Gasteiger partial charge in [-0.2, -0.15) is 5.26 Å². The molecule has 0 bridgehead atoms. The summed E-state index contributed by atoms with van der Waals surface area (Å²) in [6.45, 7) is 4.11. The fourth-order valence-electron chi connectivity index (χ4n) is 2.68. The smallest absolute Gasteiger partial charge is 0.224 e. The molecule has 0 saturated carbocycles. The van der Waals surface area contributed by atoms with E-state index in [4.69, 9.17) is 16.9 Å². The Morgan fingerprint density at radius 2 is 1.76 bits per heavy atom. The molecular weight excluding hydrogens is 352 g/mol. The molecule has 0 aromatic heterocycles. The summed E-state index contributed by atoms with van der Waals surface area (Å²) >= 11 is 7.04. The van der Waals surface area contributed by atoms with Crippen molar-refractivity contribution in [3.63, 3.8) is 0 Å². The minimum Gasteiger partial charge on any atom is -0.326 e. The Morgan fingerprint density at radius 1 is 1.16 bits per heavy atom. The van der Waals surface area contributed by atoms with Crippen LogP contribution in [0.3, 0.4) is 0 Å². The van der Waals surface area contributed by atoms with Crippen LogP contribution in [-0.4, -0.2) is 5.91 Å². The number of anilines is 1. The monoisotopic (exact) mass is 372 g/mol. The second-order valence-corrected chi connectivity index (χ2v) is 6.99. The van der Waals surface area contributed by atoms with E-state index < -0.39 is 0 Å². The van der Waals surface area contributed by atoms with Crippen molar-refractivity contribution in [3.8, 4) is 5.40 Å². The Kier molecular flexibility index (Phi) is 7.36. The number of rotatable bonds is 7. The quantitative estimate of drug-likeness (QED) is 0.507. The summed E-state index contributed by atoms with van der Waals surface area (Å²) in [6, 6.07) is 11.5. The van der Waals surface area contributed by atoms with Gasteiger partial charge in [0.2, 0.25) is 5.91 Å². The molecule has 3 nitrogen and oxygen atoms in total. The molecule has 0 aliphatic rings. The van der Waals surface area contributed by atoms with Crippen molar-refractivity contribution in [1.29, 1.82) is 5.26 Å². The zero-order valence-electron chi connectivity index (χ0n) is 14.4. The zero-order valence-corrected chi connectivity index (χ0v) is 16.0. The van der Waals surface area contributed by atoms with Crippen LogP contribution in [-0.2, 0) is 24.1 Å². The first-order chi connectivity index (χ1) is 12.1. The molecular formula is C20H21ClN2OS. The third kappa shape index (κ3) is 5.52. The number of benzene rings is 2. The number of thiocyanates is 1. The summed E-state index contributed by atoms with van der Waals surface area (Å²) in [5.41, 5.74) is 4.12. The van der Waals surface area contributed by atoms with Crippen LogP contribution < -0.4 is 5.32 Å². The fraction of sp³-hybridized carbons (Fsp3) is 0.300. The number of hydrogen-bond donors (Lipinski definition) is 1. The number of hydrogen-bond acceptors (Lipinski definition) is 3. The van der Waals surface area contributed by atoms with Gasteiger partial charge >= 0.3 is 0 Å². The van der Waals surface area contributed by atoms with Crippen molar-refractivity contribution >= 4 is 35.0 Å². The lowest BCUT2D eigenvalue weighted by Gasteiger charge is -2.16. The van der Waals surface area contributed by atoms with Gasteiger partial charge in [-0.05, 0) is 72.0 Å². The van der Waals surface area contributed by atoms with E-state index in [0.717, 1.165) is 51.9 Å². The van der Waals surface area contributed by atoms with Crippen molar-refractivity contribution in [2.24, 2.45) is 0 Å². The van der Waals surface area contributed by atoms with Crippen LogP contribution in [0.2, 0.25) is 5.02 Å². The van der Waals surface area contributed by atoms with E-state index in [-0.39, 0.29) is 5.91 Å². The van der Waals surface area contributed by atoms with E-state index in [9.17, 15) is 4.79 Å². The van der Waals surface area contributed by atoms with Gasteiger partial charge in [0.25, 0.3) is 0 Å². The molecule has 1 N–H and O–H groups in total. The average molecular weight is 373 g/mol. The van der Waals surface area contributed by atoms with Gasteiger partial charge < -0.3 is 5.32 Å². The normalized spacial score (nSPS) is 10.3. The van der Waals surface area contributed by atoms with Crippen molar-refractivity contribution < 1.29 is 4.79 Å². The maximum Gasteiger partial charge on any atom is 0.224 e. The summed E-state index contributed by atoms with van der Waals surface area (Å²) in [7, 11) is 0. The highest BCUT2D eigenvalue weighted by Crippen LogP contribution is 2.29. The highest BCUT2D eigenvalue weighted by atomic mass is 35.5. The first kappa shape index (κ1) is 19.4. The number of aryl methyl sites for hydroxylation is 3. The molecule has 0 aliphatic carbocycles. The van der Waals surface area contributed by atoms with Gasteiger partial charge in [-0.15, -0.1) is 0 Å². The molecule has 2 rings (SSSR count). The third-order valence-electron chi connectivity index (χ3n) is 4.02. The second-order valence-electron chi connectivity index (χ2n) is 5.69. The lowest BCUT2D eigenvalue weighted by molar-refractivity contribution is -0.116. The Balaban J connectivity index is 2.11. The number of nitrogens with zero attached hydrogens (tertiary/aromatic N) is 1. The zero-order chi connectivity index (χ0) is 18.2. The molecule has 0 aliphatic heterocycles. The van der Waals surface area contributed by atoms with Crippen molar-refractivity contribution in [3.05, 3.63) is 58.1 Å². The maximum absolute atomic E-state index is 12.4. The van der Waals surface area contributed by atoms with Crippen molar-refractivity contribution in [2.75, 3.05) is 5.32 Å². The molecule has 0 fully saturated rings. The van der Waals surface area contributed by atoms with E-state index in [1.807, 2.05) is 36.4 Å². The Hall–Kier alpha value is -1.96. The number of nitriles is 1. The SMILES string of the molecule is CCc1cc(SC#N)cc(CC)c1NC(=O)CCc1ccc(Cl)cc1. The fourth-order valence-corrected chi connectivity index (χ4v) is 3.31. The van der Waals surface area contributed by atoms with Crippen LogP contribution in [0.5, 0.6) is 0 Å². The molecule has 2 aromatic rings. The minimum absolute atomic E-state index is 0.0000336. The molecule has 0 unspecified atom stereocenters. The highest BCUT2D eigenvalue weighted by molar-refractivity contribution is 8.03. The molecule has 2 aromatic carbocycles. The van der Waals surface area contributed by atoms with E-state index in [1.165, 1.54) is 0 Å². The lowest BCUT2D eigenvalue weighted by atomic mass is 10.0. The van der Waals surface area contributed by atoms with Crippen LogP contribution >= 0.6 is 23.4 Å². The molecule has 25 heavy (non-hydrogen) atoms. The summed E-state index contributed by atoms with van der Waals surface area (Å²) in [5, 5.41) is 14.8. The maximum atomic E-state index is 12.4. The summed E-state index contributed by atoms with van der Waals surface area (Å²) in [4.78, 5) is 13.3. The molecule has 0 spiro atoms. The van der Waals surface area contributed by atoms with E-state index in [1.54, 1.807) is 0 Å². The Bertz CT molecular complexity index is 756. The summed E-state index contributed by atoms with van der Waals surface area (Å²) in [5.74, 6) is 0.0000336. The molecule has 130 valence electrons. The van der Waals surface area contributed by atoms with Crippen LogP contribution in [0, 0.1) is 10.7 Å². The predicted molar refractivity (Wildman–Crippen MR) is 105 cm³/mol. The first-order valence-corrected chi connectivity index (χ1v) is 9.52. The Labute approximate surface area is 158 Å². The average Bonchev–Trinajstić information content (AvgIpc) is 2.62. The number of nitrogens with one attached hydrogen (secondary N) is 1. The molecule has 5 heteroatoms. The van der Waals surface area contributed by atoms with Gasteiger partial charge in [-0.1, -0.05) is 37.6 Å². The number of thioether (sulfide) groups is 1. The van der Waals surface area contributed by atoms with Gasteiger partial charge in [0.15, 0.2) is 0 Å². The van der Waals surface area contributed by atoms with Crippen molar-refractivity contribution in [2.45, 2.75) is 44.4 Å². The van der Waals surface area contributed by atoms with Gasteiger partial charge in [-0.3, -0.25) is 4.79 Å². The van der Waals surface area contributed by atoms with Gasteiger partial charge in [0.1, 0.15) is 5.40 Å². The van der Waals surface area contributed by atoms with Crippen LogP contribution in [0.1, 0.15) is 37.0 Å². The van der Waals surface area contributed by atoms with Crippen LogP contribution in [0.25, 0.3) is 0 Å². The van der Waals surface area contributed by atoms with Crippen molar-refractivity contribution in [1.82, 2.24) is 0 Å². The van der Waals surface area contributed by atoms with Crippen LogP contribution in [0.4, 0.5) is 5.69 Å². The van der Waals surface area contributed by atoms with E-state index >= 15 is 0 Å². The largest absolute Gasteiger partial charge is 0.326 e. The number of carbonyl (C=O) groups excluding carboxylic acids is 1. The van der Waals surface area contributed by atoms with Gasteiger partial charge in [0, 0.05) is 22.0 Å². The first-order valence-electron chi connectivity index (χ1n) is 8.33. The van der Waals surface area contributed by atoms with Gasteiger partial charge in [-0.25, -0.2) is 0 Å². The van der Waals surface area contributed by atoms with E-state index in [0.29, 0.717) is 17.9 Å². The Morgan fingerprint density at radius 3 is 2.28 bits per heavy atom. The van der Waals surface area contributed by atoms with E-state index in [2.05, 4.69) is 24.6 Å². The minimum atomic E-state index is 0.0000336. The van der Waals surface area contributed by atoms with Gasteiger partial charge in [0.05, 0.1) is 0 Å². The van der Waals surface area contributed by atoms with Crippen LogP contribution in [0.15, 0.2) is 41.3 Å². The topological polar surface area (TPSA) is 52.9 Å². The molecule has 0 atom stereocenters. The number of carbonyl (C=O) groups is 1. The molecule has 1 amide bonds. The predicted octanol–water partition coefficient (Wildman–Crippen LogP) is 5.61. The third-order valence-corrected chi connectivity index (χ3v) is 4.83. The number of amides is 1. The molecule has 0 heterocycles. The molecule has 0 saturated heterocycles.